The zero-order valence-corrected chi connectivity index (χ0v) is 16.6. The van der Waals surface area contributed by atoms with E-state index < -0.39 is 0 Å². The summed E-state index contributed by atoms with van der Waals surface area (Å²) in [6.07, 6.45) is 7.24. The number of carbonyl (C=O) groups is 1. The fraction of sp³-hybridized carbons (Fsp3) is 0.571. The molecular weight excluding hydrogens is 356 g/mol. The molecule has 1 aromatic carbocycles. The summed E-state index contributed by atoms with van der Waals surface area (Å²) < 4.78 is 13.5. The van der Waals surface area contributed by atoms with Crippen LogP contribution in [0.5, 0.6) is 11.5 Å². The number of aromatic nitrogens is 3. The van der Waals surface area contributed by atoms with Crippen LogP contribution in [0.2, 0.25) is 0 Å². The lowest BCUT2D eigenvalue weighted by Gasteiger charge is -2.24. The zero-order chi connectivity index (χ0) is 19.5. The Labute approximate surface area is 165 Å². The van der Waals surface area contributed by atoms with Crippen LogP contribution in [-0.2, 0) is 19.4 Å². The van der Waals surface area contributed by atoms with E-state index in [1.807, 2.05) is 10.7 Å². The number of amides is 1. The molecular formula is C21H28N4O3. The van der Waals surface area contributed by atoms with E-state index in [-0.39, 0.29) is 18.1 Å². The van der Waals surface area contributed by atoms with Gasteiger partial charge in [-0.2, -0.15) is 5.10 Å². The van der Waals surface area contributed by atoms with Crippen LogP contribution in [-0.4, -0.2) is 39.9 Å². The van der Waals surface area contributed by atoms with E-state index >= 15 is 0 Å². The number of hydrogen-bond acceptors (Lipinski definition) is 5. The Balaban J connectivity index is 1.44. The standard InChI is InChI=1S/C21H28N4O3/c1-3-19-23-20-11-9-15(13-25(20)24-19)22-21(26)14-8-10-17(27-2)18(12-14)28-16-6-4-5-7-16/h8,10,12,15-16H,3-7,9,11,13H2,1-2H3,(H,22,26)/t15-/m1/s1. The van der Waals surface area contributed by atoms with Gasteiger partial charge in [0.25, 0.3) is 5.91 Å². The Bertz CT molecular complexity index is 842. The molecule has 1 atom stereocenters. The lowest BCUT2D eigenvalue weighted by Crippen LogP contribution is -2.41. The van der Waals surface area contributed by atoms with Crippen LogP contribution >= 0.6 is 0 Å². The summed E-state index contributed by atoms with van der Waals surface area (Å²) >= 11 is 0. The largest absolute Gasteiger partial charge is 0.493 e. The van der Waals surface area contributed by atoms with Crippen molar-refractivity contribution in [3.8, 4) is 11.5 Å². The Morgan fingerprint density at radius 2 is 2.07 bits per heavy atom. The van der Waals surface area contributed by atoms with Gasteiger partial charge in [0.15, 0.2) is 17.3 Å². The van der Waals surface area contributed by atoms with Crippen LogP contribution in [0.1, 0.15) is 61.0 Å². The topological polar surface area (TPSA) is 78.3 Å². The predicted molar refractivity (Wildman–Crippen MR) is 105 cm³/mol. The molecule has 1 aliphatic carbocycles. The van der Waals surface area contributed by atoms with Crippen molar-refractivity contribution < 1.29 is 14.3 Å². The first-order valence-corrected chi connectivity index (χ1v) is 10.2. The maximum Gasteiger partial charge on any atom is 0.251 e. The first-order valence-electron chi connectivity index (χ1n) is 10.2. The summed E-state index contributed by atoms with van der Waals surface area (Å²) in [6.45, 7) is 2.71. The van der Waals surface area contributed by atoms with Gasteiger partial charge >= 0.3 is 0 Å². The maximum absolute atomic E-state index is 12.8. The predicted octanol–water partition coefficient (Wildman–Crippen LogP) is 2.92. The zero-order valence-electron chi connectivity index (χ0n) is 16.6. The van der Waals surface area contributed by atoms with Crippen molar-refractivity contribution in [3.05, 3.63) is 35.4 Å². The van der Waals surface area contributed by atoms with Crippen molar-refractivity contribution in [1.82, 2.24) is 20.1 Å². The molecule has 1 saturated carbocycles. The van der Waals surface area contributed by atoms with Gasteiger partial charge in [-0.25, -0.2) is 9.67 Å². The first-order chi connectivity index (χ1) is 13.7. The number of methoxy groups -OCH3 is 1. The van der Waals surface area contributed by atoms with Crippen LogP contribution < -0.4 is 14.8 Å². The Kier molecular flexibility index (Phi) is 5.50. The fourth-order valence-corrected chi connectivity index (χ4v) is 3.99. The first kappa shape index (κ1) is 18.8. The van der Waals surface area contributed by atoms with Gasteiger partial charge in [0.2, 0.25) is 0 Å². The van der Waals surface area contributed by atoms with E-state index in [4.69, 9.17) is 9.47 Å². The normalized spacial score (nSPS) is 19.3. The van der Waals surface area contributed by atoms with Crippen LogP contribution in [0, 0.1) is 0 Å². The van der Waals surface area contributed by atoms with Crippen molar-refractivity contribution in [2.75, 3.05) is 7.11 Å². The van der Waals surface area contributed by atoms with Crippen LogP contribution in [0.25, 0.3) is 0 Å². The molecule has 0 bridgehead atoms. The number of benzene rings is 1. The number of rotatable bonds is 6. The highest BCUT2D eigenvalue weighted by Crippen LogP contribution is 2.32. The third kappa shape index (κ3) is 3.98. The van der Waals surface area contributed by atoms with Gasteiger partial charge in [-0.3, -0.25) is 4.79 Å². The van der Waals surface area contributed by atoms with Gasteiger partial charge in [0.1, 0.15) is 5.82 Å². The molecule has 1 fully saturated rings. The van der Waals surface area contributed by atoms with Gasteiger partial charge in [-0.15, -0.1) is 0 Å². The van der Waals surface area contributed by atoms with Crippen LogP contribution in [0.15, 0.2) is 18.2 Å². The van der Waals surface area contributed by atoms with Crippen molar-refractivity contribution >= 4 is 5.91 Å². The minimum Gasteiger partial charge on any atom is -0.493 e. The number of aryl methyl sites for hydroxylation is 2. The summed E-state index contributed by atoms with van der Waals surface area (Å²) in [6, 6.07) is 5.44. The molecule has 150 valence electrons. The highest BCUT2D eigenvalue weighted by atomic mass is 16.5. The number of nitrogens with one attached hydrogen (secondary N) is 1. The van der Waals surface area contributed by atoms with E-state index in [0.717, 1.165) is 43.8 Å². The third-order valence-electron chi connectivity index (χ3n) is 5.58. The van der Waals surface area contributed by atoms with Gasteiger partial charge < -0.3 is 14.8 Å². The van der Waals surface area contributed by atoms with E-state index in [0.29, 0.717) is 23.6 Å². The number of ether oxygens (including phenoxy) is 2. The number of carbonyl (C=O) groups excluding carboxylic acids is 1. The molecule has 1 aliphatic heterocycles. The highest BCUT2D eigenvalue weighted by molar-refractivity contribution is 5.95. The molecule has 0 radical (unpaired) electrons. The average molecular weight is 384 g/mol. The van der Waals surface area contributed by atoms with E-state index in [1.165, 1.54) is 12.8 Å². The molecule has 2 heterocycles. The lowest BCUT2D eigenvalue weighted by atomic mass is 10.1. The second kappa shape index (κ2) is 8.20. The molecule has 1 aromatic heterocycles. The molecule has 0 unspecified atom stereocenters. The fourth-order valence-electron chi connectivity index (χ4n) is 3.99. The quantitative estimate of drug-likeness (QED) is 0.828. The number of hydrogen-bond donors (Lipinski definition) is 1. The monoisotopic (exact) mass is 384 g/mol. The van der Waals surface area contributed by atoms with E-state index in [1.54, 1.807) is 19.2 Å². The van der Waals surface area contributed by atoms with Crippen molar-refractivity contribution in [3.63, 3.8) is 0 Å². The molecule has 1 N–H and O–H groups in total. The average Bonchev–Trinajstić information content (AvgIpc) is 3.36. The van der Waals surface area contributed by atoms with Gasteiger partial charge in [0.05, 0.1) is 19.8 Å². The minimum absolute atomic E-state index is 0.0488. The van der Waals surface area contributed by atoms with Crippen molar-refractivity contribution in [2.24, 2.45) is 0 Å². The summed E-state index contributed by atoms with van der Waals surface area (Å²) in [5.41, 5.74) is 0.590. The van der Waals surface area contributed by atoms with Gasteiger partial charge in [0, 0.05) is 24.4 Å². The number of fused-ring (bicyclic) bond motifs is 1. The van der Waals surface area contributed by atoms with E-state index in [2.05, 4.69) is 22.3 Å². The second-order valence-electron chi connectivity index (χ2n) is 7.58. The Morgan fingerprint density at radius 1 is 1.25 bits per heavy atom. The Morgan fingerprint density at radius 3 is 2.82 bits per heavy atom. The molecule has 1 amide bonds. The van der Waals surface area contributed by atoms with E-state index in [9.17, 15) is 4.79 Å². The summed E-state index contributed by atoms with van der Waals surface area (Å²) in [5.74, 6) is 3.10. The van der Waals surface area contributed by atoms with Gasteiger partial charge in [-0.05, 0) is 50.3 Å². The van der Waals surface area contributed by atoms with Crippen molar-refractivity contribution in [1.29, 1.82) is 0 Å². The second-order valence-corrected chi connectivity index (χ2v) is 7.58. The molecule has 0 saturated heterocycles. The lowest BCUT2D eigenvalue weighted by molar-refractivity contribution is 0.0925. The maximum atomic E-state index is 12.8. The van der Waals surface area contributed by atoms with Crippen molar-refractivity contribution in [2.45, 2.75) is 70.6 Å². The Hall–Kier alpha value is -2.57. The molecule has 7 nitrogen and oxygen atoms in total. The number of nitrogens with zero attached hydrogens (tertiary/aromatic N) is 3. The molecule has 7 heteroatoms. The van der Waals surface area contributed by atoms with Crippen LogP contribution in [0.3, 0.4) is 0 Å². The minimum atomic E-state index is -0.0943. The smallest absolute Gasteiger partial charge is 0.251 e. The molecule has 28 heavy (non-hydrogen) atoms. The molecule has 0 spiro atoms. The van der Waals surface area contributed by atoms with Gasteiger partial charge in [-0.1, -0.05) is 6.92 Å². The SMILES string of the molecule is CCc1nc2n(n1)C[C@H](NC(=O)c1ccc(OC)c(OC3CCCC3)c1)CC2. The molecule has 2 aliphatic rings. The van der Waals surface area contributed by atoms with Crippen LogP contribution in [0.4, 0.5) is 0 Å². The summed E-state index contributed by atoms with van der Waals surface area (Å²) in [4.78, 5) is 17.4. The molecule has 2 aromatic rings. The summed E-state index contributed by atoms with van der Waals surface area (Å²) in [5, 5.41) is 7.65. The highest BCUT2D eigenvalue weighted by Gasteiger charge is 2.24. The summed E-state index contributed by atoms with van der Waals surface area (Å²) in [7, 11) is 1.62. The molecule has 4 rings (SSSR count). The third-order valence-corrected chi connectivity index (χ3v) is 5.58.